The number of ether oxygens (including phenoxy) is 2. The Hall–Kier alpha value is -0.930. The van der Waals surface area contributed by atoms with E-state index in [1.54, 1.807) is 6.21 Å². The molecule has 7 nitrogen and oxygen atoms in total. The number of amides is 1. The van der Waals surface area contributed by atoms with Crippen molar-refractivity contribution in [3.63, 3.8) is 0 Å². The monoisotopic (exact) mass is 332 g/mol. The van der Waals surface area contributed by atoms with Crippen LogP contribution in [0.25, 0.3) is 0 Å². The van der Waals surface area contributed by atoms with Gasteiger partial charge in [0.1, 0.15) is 6.10 Å². The number of aliphatic hydroxyl groups is 2. The maximum absolute atomic E-state index is 11.7. The van der Waals surface area contributed by atoms with Gasteiger partial charge in [-0.15, -0.1) is 0 Å². The largest absolute Gasteiger partial charge is 0.385 e. The first-order valence-corrected chi connectivity index (χ1v) is 8.33. The number of carbonyl (C=O) groups is 1. The van der Waals surface area contributed by atoms with Crippen LogP contribution in [0.4, 0.5) is 0 Å². The van der Waals surface area contributed by atoms with Crippen molar-refractivity contribution in [2.75, 3.05) is 24.7 Å². The van der Waals surface area contributed by atoms with Crippen molar-refractivity contribution < 1.29 is 24.5 Å². The van der Waals surface area contributed by atoms with Crippen molar-refractivity contribution >= 4 is 23.9 Å². The van der Waals surface area contributed by atoms with E-state index in [0.717, 1.165) is 5.70 Å². The van der Waals surface area contributed by atoms with E-state index in [1.807, 2.05) is 19.9 Å². The Morgan fingerprint density at radius 3 is 2.86 bits per heavy atom. The summed E-state index contributed by atoms with van der Waals surface area (Å²) in [5, 5.41) is 21.4. The third-order valence-electron chi connectivity index (χ3n) is 2.87. The van der Waals surface area contributed by atoms with Crippen LogP contribution in [0.15, 0.2) is 16.8 Å². The maximum atomic E-state index is 11.7. The van der Waals surface area contributed by atoms with Crippen molar-refractivity contribution in [1.82, 2.24) is 5.32 Å². The van der Waals surface area contributed by atoms with Crippen molar-refractivity contribution in [2.45, 2.75) is 39.0 Å². The Bertz CT molecular complexity index is 403. The Balaban J connectivity index is 2.09. The lowest BCUT2D eigenvalue weighted by atomic mass is 10.3. The number of nitrogens with one attached hydrogen (secondary N) is 1. The second-order valence-corrected chi connectivity index (χ2v) is 5.78. The van der Waals surface area contributed by atoms with Gasteiger partial charge in [0.15, 0.2) is 12.6 Å². The summed E-state index contributed by atoms with van der Waals surface area (Å²) in [6, 6.07) is 0. The smallest absolute Gasteiger partial charge is 0.226 e. The van der Waals surface area contributed by atoms with Crippen LogP contribution in [0.5, 0.6) is 0 Å². The van der Waals surface area contributed by atoms with Crippen molar-refractivity contribution in [2.24, 2.45) is 4.99 Å². The number of nitrogens with zero attached hydrogens (tertiary/aromatic N) is 1. The SMILES string of the molecule is C/C=N\C(=C/C)CC(=O)NCCSCC1OCC(O)C(O)O1. The minimum atomic E-state index is -1.20. The summed E-state index contributed by atoms with van der Waals surface area (Å²) in [4.78, 5) is 15.8. The summed E-state index contributed by atoms with van der Waals surface area (Å²) in [6.45, 7) is 4.26. The minimum Gasteiger partial charge on any atom is -0.385 e. The second-order valence-electron chi connectivity index (χ2n) is 4.63. The Morgan fingerprint density at radius 2 is 2.23 bits per heavy atom. The molecule has 1 aliphatic rings. The molecule has 1 fully saturated rings. The normalized spacial score (nSPS) is 26.4. The summed E-state index contributed by atoms with van der Waals surface area (Å²) >= 11 is 1.54. The van der Waals surface area contributed by atoms with Crippen molar-refractivity contribution in [3.8, 4) is 0 Å². The van der Waals surface area contributed by atoms with E-state index in [4.69, 9.17) is 9.47 Å². The van der Waals surface area contributed by atoms with Crippen LogP contribution < -0.4 is 5.32 Å². The van der Waals surface area contributed by atoms with E-state index in [2.05, 4.69) is 10.3 Å². The fourth-order valence-corrected chi connectivity index (χ4v) is 2.50. The van der Waals surface area contributed by atoms with Gasteiger partial charge in [0.2, 0.25) is 5.91 Å². The second kappa shape index (κ2) is 10.7. The minimum absolute atomic E-state index is 0.0627. The van der Waals surface area contributed by atoms with Gasteiger partial charge in [-0.05, 0) is 13.8 Å². The zero-order valence-corrected chi connectivity index (χ0v) is 13.7. The number of rotatable bonds is 8. The highest BCUT2D eigenvalue weighted by atomic mass is 32.2. The Morgan fingerprint density at radius 1 is 1.45 bits per heavy atom. The molecule has 3 N–H and O–H groups in total. The molecular formula is C14H24N2O5S. The van der Waals surface area contributed by atoms with Crippen LogP contribution in [-0.4, -0.2) is 65.7 Å². The molecule has 1 amide bonds. The van der Waals surface area contributed by atoms with Crippen LogP contribution in [0.3, 0.4) is 0 Å². The average Bonchev–Trinajstić information content (AvgIpc) is 2.50. The standard InChI is InChI=1S/C14H24N2O5S/c1-3-10(15-4-2)7-12(18)16-5-6-22-9-13-20-8-11(17)14(19)21-13/h3-4,11,13-14,17,19H,5-9H2,1-2H3,(H,16,18)/b10-3-,15-4-. The topological polar surface area (TPSA) is 100 Å². The van der Waals surface area contributed by atoms with Gasteiger partial charge in [0, 0.05) is 30.0 Å². The maximum Gasteiger partial charge on any atom is 0.226 e. The fourth-order valence-electron chi connectivity index (χ4n) is 1.72. The molecule has 1 heterocycles. The van der Waals surface area contributed by atoms with E-state index in [-0.39, 0.29) is 18.9 Å². The lowest BCUT2D eigenvalue weighted by Crippen LogP contribution is -2.44. The molecule has 3 atom stereocenters. The average molecular weight is 332 g/mol. The van der Waals surface area contributed by atoms with Crippen LogP contribution in [-0.2, 0) is 14.3 Å². The molecule has 1 aliphatic heterocycles. The Kier molecular flexibility index (Phi) is 9.33. The van der Waals surface area contributed by atoms with Crippen molar-refractivity contribution in [3.05, 3.63) is 11.8 Å². The predicted molar refractivity (Wildman–Crippen MR) is 85.7 cm³/mol. The summed E-state index contributed by atoms with van der Waals surface area (Å²) in [6.07, 6.45) is 1.02. The van der Waals surface area contributed by atoms with Gasteiger partial charge in [-0.25, -0.2) is 0 Å². The number of hydrogen-bond donors (Lipinski definition) is 3. The van der Waals surface area contributed by atoms with Gasteiger partial charge < -0.3 is 25.0 Å². The molecular weight excluding hydrogens is 308 g/mol. The van der Waals surface area contributed by atoms with E-state index in [0.29, 0.717) is 18.1 Å². The zero-order valence-electron chi connectivity index (χ0n) is 12.9. The predicted octanol–water partition coefficient (Wildman–Crippen LogP) is 0.273. The highest BCUT2D eigenvalue weighted by molar-refractivity contribution is 7.99. The molecule has 0 aliphatic carbocycles. The first kappa shape index (κ1) is 19.1. The molecule has 0 aromatic heterocycles. The number of aliphatic imine (C=N–C) groups is 1. The summed E-state index contributed by atoms with van der Waals surface area (Å²) < 4.78 is 10.3. The van der Waals surface area contributed by atoms with Gasteiger partial charge >= 0.3 is 0 Å². The molecule has 0 bridgehead atoms. The molecule has 126 valence electrons. The van der Waals surface area contributed by atoms with Gasteiger partial charge in [-0.2, -0.15) is 11.8 Å². The molecule has 0 aromatic carbocycles. The zero-order chi connectivity index (χ0) is 16.4. The molecule has 3 unspecified atom stereocenters. The molecule has 0 radical (unpaired) electrons. The van der Waals surface area contributed by atoms with Crippen LogP contribution in [0.2, 0.25) is 0 Å². The third-order valence-corrected chi connectivity index (χ3v) is 3.87. The quantitative estimate of drug-likeness (QED) is 0.436. The lowest BCUT2D eigenvalue weighted by Gasteiger charge is -2.30. The summed E-state index contributed by atoms with van der Waals surface area (Å²) in [7, 11) is 0. The van der Waals surface area contributed by atoms with Gasteiger partial charge in [-0.1, -0.05) is 6.08 Å². The number of aliphatic hydroxyl groups excluding tert-OH is 2. The summed E-state index contributed by atoms with van der Waals surface area (Å²) in [5.41, 5.74) is 0.740. The first-order chi connectivity index (χ1) is 10.6. The van der Waals surface area contributed by atoms with Crippen molar-refractivity contribution in [1.29, 1.82) is 0 Å². The molecule has 22 heavy (non-hydrogen) atoms. The van der Waals surface area contributed by atoms with Crippen LogP contribution in [0, 0.1) is 0 Å². The van der Waals surface area contributed by atoms with Gasteiger partial charge in [0.25, 0.3) is 0 Å². The third kappa shape index (κ3) is 7.37. The Labute approximate surface area is 134 Å². The first-order valence-electron chi connectivity index (χ1n) is 7.18. The number of hydrogen-bond acceptors (Lipinski definition) is 7. The number of thioether (sulfide) groups is 1. The molecule has 0 saturated carbocycles. The number of carbonyl (C=O) groups excluding carboxylic acids is 1. The molecule has 1 rings (SSSR count). The van der Waals surface area contributed by atoms with E-state index < -0.39 is 18.7 Å². The van der Waals surface area contributed by atoms with E-state index in [1.165, 1.54) is 11.8 Å². The van der Waals surface area contributed by atoms with E-state index >= 15 is 0 Å². The number of allylic oxidation sites excluding steroid dienone is 1. The summed E-state index contributed by atoms with van der Waals surface area (Å²) in [5.74, 6) is 1.17. The molecule has 0 spiro atoms. The highest BCUT2D eigenvalue weighted by Crippen LogP contribution is 2.15. The van der Waals surface area contributed by atoms with Gasteiger partial charge in [-0.3, -0.25) is 9.79 Å². The van der Waals surface area contributed by atoms with Crippen LogP contribution in [0.1, 0.15) is 20.3 Å². The van der Waals surface area contributed by atoms with Gasteiger partial charge in [0.05, 0.1) is 13.0 Å². The molecule has 0 aromatic rings. The van der Waals surface area contributed by atoms with E-state index in [9.17, 15) is 15.0 Å². The highest BCUT2D eigenvalue weighted by Gasteiger charge is 2.28. The molecule has 8 heteroatoms. The van der Waals surface area contributed by atoms with Crippen LogP contribution >= 0.6 is 11.8 Å². The molecule has 1 saturated heterocycles. The fraction of sp³-hybridized carbons (Fsp3) is 0.714. The lowest BCUT2D eigenvalue weighted by molar-refractivity contribution is -0.300.